The van der Waals surface area contributed by atoms with Gasteiger partial charge in [-0.15, -0.1) is 0 Å². The fraction of sp³-hybridized carbons (Fsp3) is 0.375. The lowest BCUT2D eigenvalue weighted by Crippen LogP contribution is -2.28. The van der Waals surface area contributed by atoms with Gasteiger partial charge >= 0.3 is 0 Å². The minimum Gasteiger partial charge on any atom is -0.350 e. The number of aryl methyl sites for hydroxylation is 1. The second-order valence-electron chi connectivity index (χ2n) is 5.10. The van der Waals surface area contributed by atoms with Crippen molar-refractivity contribution in [1.29, 1.82) is 0 Å². The van der Waals surface area contributed by atoms with Gasteiger partial charge in [-0.05, 0) is 26.5 Å². The molecule has 112 valence electrons. The maximum Gasteiger partial charge on any atom is 0.242 e. The summed E-state index contributed by atoms with van der Waals surface area (Å²) in [6.07, 6.45) is 0. The molecule has 1 amide bonds. The van der Waals surface area contributed by atoms with E-state index in [-0.39, 0.29) is 12.5 Å². The first-order chi connectivity index (χ1) is 10.1. The summed E-state index contributed by atoms with van der Waals surface area (Å²) in [5.74, 6) is -0.0274. The lowest BCUT2D eigenvalue weighted by molar-refractivity contribution is -0.122. The molecule has 2 rings (SSSR count). The lowest BCUT2D eigenvalue weighted by Gasteiger charge is -2.07. The first-order valence-electron chi connectivity index (χ1n) is 7.10. The van der Waals surface area contributed by atoms with Gasteiger partial charge < -0.3 is 10.6 Å². The van der Waals surface area contributed by atoms with Gasteiger partial charge in [0.25, 0.3) is 0 Å². The van der Waals surface area contributed by atoms with Crippen molar-refractivity contribution < 1.29 is 4.79 Å². The van der Waals surface area contributed by atoms with Crippen LogP contribution in [0.1, 0.15) is 22.5 Å². The molecule has 0 radical (unpaired) electrons. The Hall–Kier alpha value is -2.14. The topological polar surface area (TPSA) is 59.0 Å². The minimum atomic E-state index is -0.0274. The van der Waals surface area contributed by atoms with E-state index in [0.29, 0.717) is 6.54 Å². The Morgan fingerprint density at radius 3 is 2.57 bits per heavy atom. The average Bonchev–Trinajstić information content (AvgIpc) is 2.74. The molecule has 1 aromatic heterocycles. The summed E-state index contributed by atoms with van der Waals surface area (Å²) in [6, 6.07) is 9.88. The Bertz CT molecular complexity index is 604. The summed E-state index contributed by atoms with van der Waals surface area (Å²) in [5, 5.41) is 10.5. The zero-order chi connectivity index (χ0) is 15.2. The highest BCUT2D eigenvalue weighted by Gasteiger charge is 2.12. The monoisotopic (exact) mass is 286 g/mol. The van der Waals surface area contributed by atoms with E-state index < -0.39 is 0 Å². The third-order valence-corrected chi connectivity index (χ3v) is 3.51. The van der Waals surface area contributed by atoms with Gasteiger partial charge in [0.1, 0.15) is 6.54 Å². The molecule has 0 aliphatic rings. The third kappa shape index (κ3) is 3.92. The molecule has 5 heteroatoms. The number of hydrogen-bond acceptors (Lipinski definition) is 3. The summed E-state index contributed by atoms with van der Waals surface area (Å²) in [7, 11) is 1.91. The Morgan fingerprint density at radius 1 is 1.19 bits per heavy atom. The number of hydrogen-bond donors (Lipinski definition) is 2. The molecule has 2 N–H and O–H groups in total. The highest BCUT2D eigenvalue weighted by atomic mass is 16.2. The van der Waals surface area contributed by atoms with Crippen molar-refractivity contribution in [3.8, 4) is 0 Å². The molecule has 1 aromatic carbocycles. The quantitative estimate of drug-likeness (QED) is 0.847. The highest BCUT2D eigenvalue weighted by Crippen LogP contribution is 2.12. The smallest absolute Gasteiger partial charge is 0.242 e. The zero-order valence-corrected chi connectivity index (χ0v) is 12.8. The first-order valence-corrected chi connectivity index (χ1v) is 7.10. The number of nitrogens with zero attached hydrogens (tertiary/aromatic N) is 2. The van der Waals surface area contributed by atoms with Crippen LogP contribution in [0, 0.1) is 13.8 Å². The molecule has 0 fully saturated rings. The highest BCUT2D eigenvalue weighted by molar-refractivity contribution is 5.75. The van der Waals surface area contributed by atoms with Gasteiger partial charge in [-0.1, -0.05) is 30.3 Å². The van der Waals surface area contributed by atoms with E-state index in [1.165, 1.54) is 0 Å². The van der Waals surface area contributed by atoms with E-state index in [0.717, 1.165) is 29.1 Å². The van der Waals surface area contributed by atoms with Crippen LogP contribution in [0.25, 0.3) is 0 Å². The second-order valence-corrected chi connectivity index (χ2v) is 5.10. The molecule has 0 aliphatic carbocycles. The number of carbonyl (C=O) groups is 1. The molecule has 0 saturated heterocycles. The lowest BCUT2D eigenvalue weighted by atomic mass is 10.2. The SMILES string of the molecule is CNCc1c(C)nn(CC(=O)NCc2ccccc2)c1C. The molecule has 5 nitrogen and oxygen atoms in total. The van der Waals surface area contributed by atoms with Crippen LogP contribution in [-0.4, -0.2) is 22.7 Å². The van der Waals surface area contributed by atoms with E-state index in [9.17, 15) is 4.79 Å². The standard InChI is InChI=1S/C16H22N4O/c1-12-15(10-17-3)13(2)20(19-12)11-16(21)18-9-14-7-5-4-6-8-14/h4-8,17H,9-11H2,1-3H3,(H,18,21). The maximum atomic E-state index is 12.0. The number of amides is 1. The van der Waals surface area contributed by atoms with E-state index in [4.69, 9.17) is 0 Å². The van der Waals surface area contributed by atoms with Gasteiger partial charge in [-0.25, -0.2) is 0 Å². The van der Waals surface area contributed by atoms with Crippen molar-refractivity contribution in [3.63, 3.8) is 0 Å². The number of aromatic nitrogens is 2. The molecule has 2 aromatic rings. The Labute approximate surface area is 125 Å². The molecule has 0 spiro atoms. The first kappa shape index (κ1) is 15.3. The summed E-state index contributed by atoms with van der Waals surface area (Å²) < 4.78 is 1.77. The normalized spacial score (nSPS) is 10.6. The van der Waals surface area contributed by atoms with E-state index in [2.05, 4.69) is 15.7 Å². The van der Waals surface area contributed by atoms with Gasteiger partial charge in [-0.2, -0.15) is 5.10 Å². The summed E-state index contributed by atoms with van der Waals surface area (Å²) in [6.45, 7) is 5.53. The molecular formula is C16H22N4O. The molecular weight excluding hydrogens is 264 g/mol. The number of carbonyl (C=O) groups excluding carboxylic acids is 1. The Balaban J connectivity index is 1.95. The minimum absolute atomic E-state index is 0.0274. The van der Waals surface area contributed by atoms with Crippen molar-refractivity contribution in [1.82, 2.24) is 20.4 Å². The molecule has 0 aliphatic heterocycles. The zero-order valence-electron chi connectivity index (χ0n) is 12.8. The van der Waals surface area contributed by atoms with Crippen molar-refractivity contribution in [2.75, 3.05) is 7.05 Å². The van der Waals surface area contributed by atoms with E-state index in [1.54, 1.807) is 4.68 Å². The second kappa shape index (κ2) is 7.04. The predicted molar refractivity (Wildman–Crippen MR) is 82.8 cm³/mol. The van der Waals surface area contributed by atoms with Crippen LogP contribution in [0.3, 0.4) is 0 Å². The van der Waals surface area contributed by atoms with Crippen molar-refractivity contribution in [3.05, 3.63) is 52.8 Å². The number of rotatable bonds is 6. The number of nitrogens with one attached hydrogen (secondary N) is 2. The fourth-order valence-electron chi connectivity index (χ4n) is 2.31. The van der Waals surface area contributed by atoms with Gasteiger partial charge in [-0.3, -0.25) is 9.48 Å². The molecule has 21 heavy (non-hydrogen) atoms. The van der Waals surface area contributed by atoms with E-state index in [1.807, 2.05) is 51.2 Å². The largest absolute Gasteiger partial charge is 0.350 e. The van der Waals surface area contributed by atoms with Gasteiger partial charge in [0.05, 0.1) is 5.69 Å². The van der Waals surface area contributed by atoms with Crippen LogP contribution in [0.4, 0.5) is 0 Å². The van der Waals surface area contributed by atoms with Crippen LogP contribution in [0.15, 0.2) is 30.3 Å². The Morgan fingerprint density at radius 2 is 1.90 bits per heavy atom. The van der Waals surface area contributed by atoms with Crippen LogP contribution in [0.2, 0.25) is 0 Å². The molecule has 0 saturated carbocycles. The molecule has 0 unspecified atom stereocenters. The summed E-state index contributed by atoms with van der Waals surface area (Å²) in [5.41, 5.74) is 4.26. The number of benzene rings is 1. The fourth-order valence-corrected chi connectivity index (χ4v) is 2.31. The third-order valence-electron chi connectivity index (χ3n) is 3.51. The van der Waals surface area contributed by atoms with Crippen LogP contribution in [0.5, 0.6) is 0 Å². The van der Waals surface area contributed by atoms with Gasteiger partial charge in [0.2, 0.25) is 5.91 Å². The van der Waals surface area contributed by atoms with Crippen molar-refractivity contribution in [2.24, 2.45) is 0 Å². The van der Waals surface area contributed by atoms with E-state index >= 15 is 0 Å². The predicted octanol–water partition coefficient (Wildman–Crippen LogP) is 1.54. The van der Waals surface area contributed by atoms with Crippen LogP contribution >= 0.6 is 0 Å². The molecule has 1 heterocycles. The molecule has 0 bridgehead atoms. The average molecular weight is 286 g/mol. The molecule has 0 atom stereocenters. The van der Waals surface area contributed by atoms with Crippen LogP contribution < -0.4 is 10.6 Å². The van der Waals surface area contributed by atoms with Crippen molar-refractivity contribution >= 4 is 5.91 Å². The van der Waals surface area contributed by atoms with Gasteiger partial charge in [0, 0.05) is 24.3 Å². The maximum absolute atomic E-state index is 12.0. The summed E-state index contributed by atoms with van der Waals surface area (Å²) in [4.78, 5) is 12.0. The summed E-state index contributed by atoms with van der Waals surface area (Å²) >= 11 is 0. The van der Waals surface area contributed by atoms with Crippen LogP contribution in [-0.2, 0) is 24.4 Å². The van der Waals surface area contributed by atoms with Gasteiger partial charge in [0.15, 0.2) is 0 Å². The van der Waals surface area contributed by atoms with Crippen molar-refractivity contribution in [2.45, 2.75) is 33.5 Å². The Kier molecular flexibility index (Phi) is 5.11.